The SMILES string of the molecule is Nc1ncnc2c1ncn2[C@@H]1O[C@H](CO)[C@@H](O)[C@H]1OP(=O)([O-])[O-].[Na+].[Na+]. The molecule has 0 aliphatic carbocycles. The second-order valence-corrected chi connectivity index (χ2v) is 5.94. The summed E-state index contributed by atoms with van der Waals surface area (Å²) in [6, 6.07) is 0. The molecule has 0 bridgehead atoms. The van der Waals surface area contributed by atoms with Crippen LogP contribution in [0.5, 0.6) is 0 Å². The van der Waals surface area contributed by atoms with E-state index >= 15 is 0 Å². The van der Waals surface area contributed by atoms with Crippen molar-refractivity contribution in [2.45, 2.75) is 24.5 Å². The predicted molar refractivity (Wildman–Crippen MR) is 69.2 cm³/mol. The molecule has 3 heterocycles. The van der Waals surface area contributed by atoms with E-state index in [1.807, 2.05) is 0 Å². The number of phosphoric acid groups is 1. The third-order valence-corrected chi connectivity index (χ3v) is 3.91. The fourth-order valence-electron chi connectivity index (χ4n) is 2.41. The monoisotopic (exact) mass is 391 g/mol. The Balaban J connectivity index is 0.00000156. The molecule has 3 rings (SSSR count). The van der Waals surface area contributed by atoms with Crippen LogP contribution in [0.3, 0.4) is 0 Å². The van der Waals surface area contributed by atoms with E-state index in [0.717, 1.165) is 6.33 Å². The molecule has 4 atom stereocenters. The maximum atomic E-state index is 10.9. The second kappa shape index (κ2) is 9.02. The normalized spacial score (nSPS) is 26.2. The number of aliphatic hydroxyl groups is 2. The maximum absolute atomic E-state index is 10.9. The first kappa shape index (κ1) is 23.4. The van der Waals surface area contributed by atoms with Gasteiger partial charge in [-0.05, 0) is 0 Å². The maximum Gasteiger partial charge on any atom is 1.00 e. The van der Waals surface area contributed by atoms with Crippen LogP contribution in [0, 0.1) is 0 Å². The molecule has 126 valence electrons. The van der Waals surface area contributed by atoms with Crippen LogP contribution in [0.15, 0.2) is 12.7 Å². The van der Waals surface area contributed by atoms with Crippen molar-refractivity contribution in [2.75, 3.05) is 12.3 Å². The van der Waals surface area contributed by atoms with E-state index in [2.05, 4.69) is 19.5 Å². The second-order valence-electron chi connectivity index (χ2n) is 4.84. The Morgan fingerprint density at radius 1 is 1.36 bits per heavy atom. The molecule has 1 aliphatic heterocycles. The fraction of sp³-hybridized carbons (Fsp3) is 0.500. The average Bonchev–Trinajstić information content (AvgIpc) is 3.01. The Hall–Kier alpha value is 0.340. The summed E-state index contributed by atoms with van der Waals surface area (Å²) in [5, 5.41) is 19.2. The Morgan fingerprint density at radius 3 is 2.64 bits per heavy atom. The van der Waals surface area contributed by atoms with Gasteiger partial charge in [-0.2, -0.15) is 0 Å². The number of aromatic nitrogens is 4. The quantitative estimate of drug-likeness (QED) is 0.331. The minimum atomic E-state index is -5.41. The van der Waals surface area contributed by atoms with Crippen LogP contribution in [0.2, 0.25) is 0 Å². The summed E-state index contributed by atoms with van der Waals surface area (Å²) in [6.45, 7) is -0.608. The number of nitrogens with zero attached hydrogens (tertiary/aromatic N) is 4. The average molecular weight is 391 g/mol. The van der Waals surface area contributed by atoms with Crippen molar-refractivity contribution < 1.29 is 92.9 Å². The third-order valence-electron chi connectivity index (χ3n) is 3.40. The molecule has 15 heteroatoms. The van der Waals surface area contributed by atoms with E-state index in [1.165, 1.54) is 10.9 Å². The van der Waals surface area contributed by atoms with Crippen molar-refractivity contribution in [1.29, 1.82) is 0 Å². The molecule has 2 aromatic rings. The van der Waals surface area contributed by atoms with Gasteiger partial charge in [-0.1, -0.05) is 0 Å². The van der Waals surface area contributed by atoms with Crippen LogP contribution >= 0.6 is 7.82 Å². The first-order valence-electron chi connectivity index (χ1n) is 6.39. The summed E-state index contributed by atoms with van der Waals surface area (Å²) in [6.07, 6.45) is -3.12. The number of imidazole rings is 1. The largest absolute Gasteiger partial charge is 1.00 e. The molecule has 0 amide bonds. The molecule has 25 heavy (non-hydrogen) atoms. The first-order chi connectivity index (χ1) is 10.8. The van der Waals surface area contributed by atoms with Crippen LogP contribution in [0.4, 0.5) is 5.82 Å². The van der Waals surface area contributed by atoms with Crippen molar-refractivity contribution >= 4 is 24.8 Å². The van der Waals surface area contributed by atoms with Gasteiger partial charge in [-0.3, -0.25) is 4.57 Å². The van der Waals surface area contributed by atoms with E-state index in [0.29, 0.717) is 0 Å². The Labute approximate surface area is 185 Å². The summed E-state index contributed by atoms with van der Waals surface area (Å²) in [5.74, 6) is 0.0850. The van der Waals surface area contributed by atoms with E-state index in [4.69, 9.17) is 10.5 Å². The summed E-state index contributed by atoms with van der Waals surface area (Å²) in [7, 11) is -5.41. The van der Waals surface area contributed by atoms with Gasteiger partial charge in [0.15, 0.2) is 17.7 Å². The van der Waals surface area contributed by atoms with E-state index in [9.17, 15) is 24.6 Å². The van der Waals surface area contributed by atoms with Gasteiger partial charge in [0.25, 0.3) is 0 Å². The van der Waals surface area contributed by atoms with Gasteiger partial charge in [-0.15, -0.1) is 0 Å². The molecular formula is C10H12N5Na2O7P. The van der Waals surface area contributed by atoms with Gasteiger partial charge >= 0.3 is 59.1 Å². The van der Waals surface area contributed by atoms with Gasteiger partial charge in [0.2, 0.25) is 0 Å². The molecule has 12 nitrogen and oxygen atoms in total. The summed E-state index contributed by atoms with van der Waals surface area (Å²) < 4.78 is 21.9. The minimum Gasteiger partial charge on any atom is -0.790 e. The number of aliphatic hydroxyl groups excluding tert-OH is 2. The van der Waals surface area contributed by atoms with Crippen LogP contribution in [-0.4, -0.2) is 54.7 Å². The Bertz CT molecular complexity index is 773. The molecular weight excluding hydrogens is 379 g/mol. The van der Waals surface area contributed by atoms with Gasteiger partial charge in [0.05, 0.1) is 20.8 Å². The Morgan fingerprint density at radius 2 is 2.04 bits per heavy atom. The van der Waals surface area contributed by atoms with Crippen molar-refractivity contribution in [3.05, 3.63) is 12.7 Å². The van der Waals surface area contributed by atoms with Crippen molar-refractivity contribution in [3.8, 4) is 0 Å². The summed E-state index contributed by atoms with van der Waals surface area (Å²) in [4.78, 5) is 33.5. The number of fused-ring (bicyclic) bond motifs is 1. The van der Waals surface area contributed by atoms with Crippen molar-refractivity contribution in [1.82, 2.24) is 19.5 Å². The topological polar surface area (TPSA) is 192 Å². The van der Waals surface area contributed by atoms with Gasteiger partial charge < -0.3 is 39.6 Å². The van der Waals surface area contributed by atoms with Gasteiger partial charge in [0.1, 0.15) is 30.2 Å². The zero-order valence-corrected chi connectivity index (χ0v) is 18.3. The molecule has 0 radical (unpaired) electrons. The number of rotatable bonds is 4. The summed E-state index contributed by atoms with van der Waals surface area (Å²) in [5.41, 5.74) is 6.07. The fourth-order valence-corrected chi connectivity index (χ4v) is 2.94. The molecule has 0 aromatic carbocycles. The van der Waals surface area contributed by atoms with Crippen molar-refractivity contribution in [2.24, 2.45) is 0 Å². The van der Waals surface area contributed by atoms with E-state index in [1.54, 1.807) is 0 Å². The smallest absolute Gasteiger partial charge is 0.790 e. The zero-order valence-electron chi connectivity index (χ0n) is 13.4. The van der Waals surface area contributed by atoms with E-state index < -0.39 is 39.0 Å². The molecule has 1 fully saturated rings. The van der Waals surface area contributed by atoms with Crippen LogP contribution < -0.4 is 74.6 Å². The number of nitrogen functional groups attached to an aromatic ring is 1. The number of anilines is 1. The van der Waals surface area contributed by atoms with Crippen molar-refractivity contribution in [3.63, 3.8) is 0 Å². The molecule has 4 N–H and O–H groups in total. The number of ether oxygens (including phenoxy) is 1. The number of hydrogen-bond acceptors (Lipinski definition) is 11. The number of hydrogen-bond donors (Lipinski definition) is 3. The Kier molecular flexibility index (Phi) is 8.44. The molecule has 1 aliphatic rings. The van der Waals surface area contributed by atoms with Crippen LogP contribution in [-0.2, 0) is 13.8 Å². The molecule has 1 saturated heterocycles. The number of phosphoric ester groups is 1. The number of nitrogens with two attached hydrogens (primary N) is 1. The third kappa shape index (κ3) is 4.79. The summed E-state index contributed by atoms with van der Waals surface area (Å²) >= 11 is 0. The molecule has 0 unspecified atom stereocenters. The van der Waals surface area contributed by atoms with Gasteiger partial charge in [-0.25, -0.2) is 15.0 Å². The van der Waals surface area contributed by atoms with Gasteiger partial charge in [0, 0.05) is 0 Å². The molecule has 2 aromatic heterocycles. The predicted octanol–water partition coefficient (Wildman–Crippen LogP) is -9.12. The first-order valence-corrected chi connectivity index (χ1v) is 7.85. The molecule has 0 spiro atoms. The van der Waals surface area contributed by atoms with Crippen LogP contribution in [0.1, 0.15) is 6.23 Å². The van der Waals surface area contributed by atoms with E-state index in [-0.39, 0.29) is 76.1 Å². The molecule has 0 saturated carbocycles. The van der Waals surface area contributed by atoms with Crippen LogP contribution in [0.25, 0.3) is 11.2 Å². The zero-order chi connectivity index (χ0) is 16.8. The minimum absolute atomic E-state index is 0. The standard InChI is InChI=1S/C10H14N5O7P.2Na/c11-8-5-9(13-2-12-8)15(3-14-5)10-7(22-23(18,19)20)6(17)4(1-16)21-10;;/h2-4,6-7,10,16-17H,1H2,(H2,11,12,13)(H2,18,19,20);;/q;2*+1/p-2/t4-,6-,7-,10-;;/m1../s1.